The van der Waals surface area contributed by atoms with Gasteiger partial charge in [-0.05, 0) is 63.5 Å². The number of unbranched alkanes of at least 4 members (excludes halogenated alkanes) is 2. The fraction of sp³-hybridized carbons (Fsp3) is 0.452. The van der Waals surface area contributed by atoms with E-state index in [1.807, 2.05) is 0 Å². The van der Waals surface area contributed by atoms with E-state index < -0.39 is 87.6 Å². The molecule has 0 saturated carbocycles. The van der Waals surface area contributed by atoms with Crippen LogP contribution in [0.3, 0.4) is 0 Å². The van der Waals surface area contributed by atoms with Gasteiger partial charge < -0.3 is 4.90 Å². The van der Waals surface area contributed by atoms with Gasteiger partial charge in [-0.3, -0.25) is 22.8 Å². The van der Waals surface area contributed by atoms with Crippen LogP contribution in [0.1, 0.15) is 64.5 Å². The largest absolute Gasteiger partial charge is 0.343 e. The lowest BCUT2D eigenvalue weighted by atomic mass is 9.81. The Labute approximate surface area is 334 Å². The summed E-state index contributed by atoms with van der Waals surface area (Å²) in [6.07, 6.45) is 4.28. The summed E-state index contributed by atoms with van der Waals surface area (Å²) in [4.78, 5) is -0.147. The number of anilines is 1. The van der Waals surface area contributed by atoms with Gasteiger partial charge in [0.2, 0.25) is 5.69 Å². The molecule has 0 fully saturated rings. The van der Waals surface area contributed by atoms with Crippen LogP contribution in [-0.2, 0) is 70.8 Å². The highest BCUT2D eigenvalue weighted by Gasteiger charge is 2.51. The zero-order chi connectivity index (χ0) is 43.2. The number of rotatable bonds is 18. The number of hydrogen-bond donors (Lipinski definition) is 6. The molecule has 2 heterocycles. The number of hydrogen-bond acceptors (Lipinski definition) is 15. The zero-order valence-corrected chi connectivity index (χ0v) is 35.5. The summed E-state index contributed by atoms with van der Waals surface area (Å²) in [5, 5.41) is 12.6. The van der Waals surface area contributed by atoms with E-state index in [1.165, 1.54) is 42.7 Å². The summed E-state index contributed by atoms with van der Waals surface area (Å²) in [6, 6.07) is 3.97. The summed E-state index contributed by atoms with van der Waals surface area (Å²) in [7, 11) is -23.7. The lowest BCUT2D eigenvalue weighted by Crippen LogP contribution is -2.29. The molecule has 20 nitrogen and oxygen atoms in total. The number of allylic oxidation sites excluding steroid dienone is 4. The van der Waals surface area contributed by atoms with Gasteiger partial charge >= 0.3 is 10.1 Å². The summed E-state index contributed by atoms with van der Waals surface area (Å²) in [5.41, 5.74) is -2.59. The summed E-state index contributed by atoms with van der Waals surface area (Å²) in [5.74, 6) is -1.27. The Morgan fingerprint density at radius 2 is 1.21 bits per heavy atom. The molecule has 6 N–H and O–H groups in total. The van der Waals surface area contributed by atoms with Gasteiger partial charge in [-0.1, -0.05) is 25.0 Å². The van der Waals surface area contributed by atoms with Crippen molar-refractivity contribution in [3.63, 3.8) is 0 Å². The molecule has 0 bridgehead atoms. The van der Waals surface area contributed by atoms with Crippen LogP contribution in [0.2, 0.25) is 0 Å². The van der Waals surface area contributed by atoms with Crippen LogP contribution in [0, 0.1) is 0 Å². The first-order chi connectivity index (χ1) is 25.9. The Hall–Kier alpha value is -2.83. The van der Waals surface area contributed by atoms with E-state index in [2.05, 4.69) is 9.37 Å². The van der Waals surface area contributed by atoms with E-state index in [-0.39, 0.29) is 71.9 Å². The van der Waals surface area contributed by atoms with Gasteiger partial charge in [0.05, 0.1) is 45.1 Å². The fourth-order valence-electron chi connectivity index (χ4n) is 7.18. The van der Waals surface area contributed by atoms with Gasteiger partial charge in [0.15, 0.2) is 10.6 Å². The predicted molar refractivity (Wildman–Crippen MR) is 205 cm³/mol. The lowest BCUT2D eigenvalue weighted by Gasteiger charge is -2.27. The summed E-state index contributed by atoms with van der Waals surface area (Å²) in [6.45, 7) is 6.01. The Kier molecular flexibility index (Phi) is 13.7. The van der Waals surface area contributed by atoms with Gasteiger partial charge in [-0.15, -0.1) is 4.33 Å². The SMILES string of the molecule is CC1(C)C(C=C/C=C2/N(CCCCS(=O)(=O)O)c3c(SOOO)ccc(S(=O)(=O)O)c3C2(C)C)=[N+](CCCCS(=O)(=O)O)c2c(S(=O)(=O)O)ccc(S(=O)(=O)O)c21. The Bertz CT molecular complexity index is 2600. The lowest BCUT2D eigenvalue weighted by molar-refractivity contribution is -0.440. The third kappa shape index (κ3) is 10.5. The van der Waals surface area contributed by atoms with Gasteiger partial charge in [0.1, 0.15) is 16.3 Å². The quantitative estimate of drug-likeness (QED) is 0.0309. The monoisotopic (exact) mass is 921 g/mol. The van der Waals surface area contributed by atoms with Gasteiger partial charge in [-0.25, -0.2) is 5.26 Å². The molecule has 0 saturated heterocycles. The first kappa shape index (κ1) is 46.9. The molecule has 2 aliphatic rings. The van der Waals surface area contributed by atoms with Crippen molar-refractivity contribution in [1.82, 2.24) is 0 Å². The molecule has 57 heavy (non-hydrogen) atoms. The normalized spacial score (nSPS) is 17.9. The first-order valence-electron chi connectivity index (χ1n) is 16.6. The molecule has 0 atom stereocenters. The van der Waals surface area contributed by atoms with E-state index in [1.54, 1.807) is 18.7 Å². The molecule has 2 aromatic carbocycles. The second-order valence-electron chi connectivity index (χ2n) is 14.1. The Morgan fingerprint density at radius 1 is 0.702 bits per heavy atom. The third-order valence-electron chi connectivity index (χ3n) is 9.42. The van der Waals surface area contributed by atoms with Crippen molar-refractivity contribution in [1.29, 1.82) is 0 Å². The molecule has 0 unspecified atom stereocenters. The van der Waals surface area contributed by atoms with E-state index >= 15 is 0 Å². The minimum Gasteiger partial charge on any atom is -0.343 e. The highest BCUT2D eigenvalue weighted by atomic mass is 32.2. The predicted octanol–water partition coefficient (Wildman–Crippen LogP) is 3.81. The minimum atomic E-state index is -5.05. The van der Waals surface area contributed by atoms with Crippen molar-refractivity contribution in [2.75, 3.05) is 29.5 Å². The highest BCUT2D eigenvalue weighted by Crippen LogP contribution is 2.54. The van der Waals surface area contributed by atoms with Crippen LogP contribution in [0.25, 0.3) is 0 Å². The molecule has 318 valence electrons. The number of fused-ring (bicyclic) bond motifs is 2. The van der Waals surface area contributed by atoms with Crippen LogP contribution in [0.5, 0.6) is 0 Å². The maximum atomic E-state index is 12.7. The van der Waals surface area contributed by atoms with Crippen molar-refractivity contribution in [3.8, 4) is 0 Å². The summed E-state index contributed by atoms with van der Waals surface area (Å²) >= 11 is 0.475. The summed E-state index contributed by atoms with van der Waals surface area (Å²) < 4.78 is 177. The van der Waals surface area contributed by atoms with Crippen molar-refractivity contribution in [3.05, 3.63) is 59.3 Å². The van der Waals surface area contributed by atoms with Crippen molar-refractivity contribution >= 4 is 79.7 Å². The van der Waals surface area contributed by atoms with E-state index in [0.29, 0.717) is 17.7 Å². The second kappa shape index (κ2) is 16.7. The third-order valence-corrected chi connectivity index (χ3v) is 14.3. The van der Waals surface area contributed by atoms with Crippen LogP contribution in [-0.4, -0.2) is 105 Å². The van der Waals surface area contributed by atoms with Gasteiger partial charge in [-0.2, -0.15) is 46.7 Å². The van der Waals surface area contributed by atoms with Gasteiger partial charge in [0, 0.05) is 35.7 Å². The average molecular weight is 922 g/mol. The van der Waals surface area contributed by atoms with Crippen LogP contribution in [0.4, 0.5) is 11.4 Å². The molecule has 0 spiro atoms. The highest BCUT2D eigenvalue weighted by molar-refractivity contribution is 7.94. The first-order valence-corrected chi connectivity index (χ1v) is 24.9. The number of benzene rings is 2. The van der Waals surface area contributed by atoms with E-state index in [4.69, 9.17) is 5.26 Å². The fourth-order valence-corrected chi connectivity index (χ4v) is 11.2. The van der Waals surface area contributed by atoms with Crippen LogP contribution < -0.4 is 4.90 Å². The topological polar surface area (TPSA) is 317 Å². The molecule has 0 aromatic heterocycles. The van der Waals surface area contributed by atoms with Gasteiger partial charge in [0.25, 0.3) is 40.5 Å². The second-order valence-corrected chi connectivity index (χ2v) is 22.1. The van der Waals surface area contributed by atoms with Crippen LogP contribution >= 0.6 is 12.0 Å². The zero-order valence-electron chi connectivity index (χ0n) is 30.6. The van der Waals surface area contributed by atoms with Crippen molar-refractivity contribution in [2.24, 2.45) is 0 Å². The average Bonchev–Trinajstić information content (AvgIpc) is 3.40. The van der Waals surface area contributed by atoms with Crippen LogP contribution in [0.15, 0.2) is 67.8 Å². The molecular weight excluding hydrogens is 881 g/mol. The molecule has 0 amide bonds. The van der Waals surface area contributed by atoms with Crippen molar-refractivity contribution in [2.45, 2.75) is 83.8 Å². The molecule has 2 aromatic rings. The molecule has 0 radical (unpaired) electrons. The molecule has 4 rings (SSSR count). The van der Waals surface area contributed by atoms with E-state index in [0.717, 1.165) is 18.2 Å². The maximum absolute atomic E-state index is 12.7. The standard InChI is InChI=1S/C31H40N2O18S6/c1-30(2)24(32(16-5-7-18-53(35,36)37)28-20(52-51-50-34)12-13-21(26(28)30)55(41,42)43)10-9-11-25-31(3,4)27-22(56(44,45)46)14-15-23(57(47,48)49)29(27)33(25)17-6-8-19-54(38,39)40/h9-15H,5-8,16-19H2,1-4H3,(H5-,34,35,36,37,38,39,40,41,42,43,44,45,46,47,48,49)/p+1. The maximum Gasteiger partial charge on any atom is 0.301 e. The Morgan fingerprint density at radius 3 is 1.74 bits per heavy atom. The molecule has 0 aliphatic carbocycles. The molecular formula is C31H41N2O18S6+. The number of nitrogens with zero attached hydrogens (tertiary/aromatic N) is 2. The Balaban J connectivity index is 2.00. The smallest absolute Gasteiger partial charge is 0.301 e. The minimum absolute atomic E-state index is 0.0169. The van der Waals surface area contributed by atoms with E-state index in [9.17, 15) is 64.9 Å². The van der Waals surface area contributed by atoms with Crippen molar-refractivity contribution < 1.29 is 84.1 Å². The molecule has 2 aliphatic heterocycles. The molecule has 26 heteroatoms.